The number of rotatable bonds is 6. The largest absolute Gasteiger partial charge is 0.466 e. The van der Waals surface area contributed by atoms with E-state index in [4.69, 9.17) is 4.74 Å². The van der Waals surface area contributed by atoms with Gasteiger partial charge in [0.1, 0.15) is 0 Å². The van der Waals surface area contributed by atoms with Gasteiger partial charge in [-0.15, -0.1) is 0 Å². The first-order valence-electron chi connectivity index (χ1n) is 8.72. The van der Waals surface area contributed by atoms with Crippen LogP contribution in [0.15, 0.2) is 11.6 Å². The minimum atomic E-state index is -0.266. The van der Waals surface area contributed by atoms with Crippen LogP contribution in [0.5, 0.6) is 0 Å². The van der Waals surface area contributed by atoms with Gasteiger partial charge in [-0.25, -0.2) is 0 Å². The molecule has 0 spiro atoms. The van der Waals surface area contributed by atoms with Crippen LogP contribution in [0.25, 0.3) is 0 Å². The average molecular weight is 306 g/mol. The molecule has 124 valence electrons. The summed E-state index contributed by atoms with van der Waals surface area (Å²) in [6.07, 6.45) is 6.78. The molecule has 0 aromatic heterocycles. The van der Waals surface area contributed by atoms with E-state index < -0.39 is 0 Å². The van der Waals surface area contributed by atoms with Gasteiger partial charge in [0.25, 0.3) is 0 Å². The summed E-state index contributed by atoms with van der Waals surface area (Å²) in [5.74, 6) is 0.114. The lowest BCUT2D eigenvalue weighted by Crippen LogP contribution is -2.32. The zero-order valence-corrected chi connectivity index (χ0v) is 14.7. The van der Waals surface area contributed by atoms with Crippen molar-refractivity contribution in [1.29, 1.82) is 0 Å². The second-order valence-electron chi connectivity index (χ2n) is 7.60. The molecule has 2 bridgehead atoms. The third kappa shape index (κ3) is 2.53. The molecule has 0 aliphatic heterocycles. The lowest BCUT2D eigenvalue weighted by atomic mass is 9.70. The fourth-order valence-electron chi connectivity index (χ4n) is 4.28. The lowest BCUT2D eigenvalue weighted by Gasteiger charge is -2.31. The van der Waals surface area contributed by atoms with E-state index >= 15 is 0 Å². The van der Waals surface area contributed by atoms with Gasteiger partial charge in [0, 0.05) is 5.41 Å². The van der Waals surface area contributed by atoms with Crippen LogP contribution in [-0.2, 0) is 14.3 Å². The van der Waals surface area contributed by atoms with Crippen molar-refractivity contribution in [2.24, 2.45) is 22.7 Å². The second kappa shape index (κ2) is 6.17. The van der Waals surface area contributed by atoms with Crippen molar-refractivity contribution in [1.82, 2.24) is 0 Å². The summed E-state index contributed by atoms with van der Waals surface area (Å²) in [4.78, 5) is 25.1. The fourth-order valence-corrected chi connectivity index (χ4v) is 4.28. The number of esters is 1. The number of carbonyl (C=O) groups is 2. The van der Waals surface area contributed by atoms with Crippen LogP contribution in [0.3, 0.4) is 0 Å². The van der Waals surface area contributed by atoms with Gasteiger partial charge in [-0.2, -0.15) is 0 Å². The molecule has 0 amide bonds. The number of fused-ring (bicyclic) bond motifs is 2. The second-order valence-corrected chi connectivity index (χ2v) is 7.60. The Morgan fingerprint density at radius 3 is 2.55 bits per heavy atom. The highest BCUT2D eigenvalue weighted by Crippen LogP contribution is 2.65. The third-order valence-electron chi connectivity index (χ3n) is 6.20. The Bertz CT molecular complexity index is 489. The molecule has 2 fully saturated rings. The Balaban J connectivity index is 2.29. The molecule has 0 saturated heterocycles. The molecular formula is C19H30O3. The predicted molar refractivity (Wildman–Crippen MR) is 87.4 cm³/mol. The highest BCUT2D eigenvalue weighted by Gasteiger charge is 2.63. The van der Waals surface area contributed by atoms with Crippen molar-refractivity contribution in [3.8, 4) is 0 Å². The SMILES string of the molecule is CCCC[C@H](/C=C1\C(=O)[C@@]2(C)CC[C@H]1C2(C)C)C(=O)OCC. The number of hydrogen-bond acceptors (Lipinski definition) is 3. The summed E-state index contributed by atoms with van der Waals surface area (Å²) in [7, 11) is 0. The molecule has 0 unspecified atom stereocenters. The number of Topliss-reactive ketones (excluding diaryl/α,β-unsaturated/α-hetero) is 1. The molecule has 0 heterocycles. The van der Waals surface area contributed by atoms with Crippen LogP contribution in [0.4, 0.5) is 0 Å². The highest BCUT2D eigenvalue weighted by atomic mass is 16.5. The smallest absolute Gasteiger partial charge is 0.312 e. The van der Waals surface area contributed by atoms with Crippen LogP contribution >= 0.6 is 0 Å². The Hall–Kier alpha value is -1.12. The molecule has 3 heteroatoms. The molecule has 0 aromatic rings. The minimum Gasteiger partial charge on any atom is -0.466 e. The standard InChI is InChI=1S/C19H30O3/c1-6-8-9-13(17(21)22-7-2)12-14-15-10-11-19(5,16(14)20)18(15,3)4/h12-13,15H,6-11H2,1-5H3/b14-12-/t13-,15-,19-/m1/s1. The first kappa shape index (κ1) is 17.2. The van der Waals surface area contributed by atoms with E-state index in [1.165, 1.54) is 0 Å². The summed E-state index contributed by atoms with van der Waals surface area (Å²) >= 11 is 0. The number of allylic oxidation sites excluding steroid dienone is 1. The quantitative estimate of drug-likeness (QED) is 0.542. The van der Waals surface area contributed by atoms with E-state index in [1.54, 1.807) is 0 Å². The van der Waals surface area contributed by atoms with Crippen molar-refractivity contribution in [2.45, 2.75) is 66.7 Å². The number of ether oxygens (including phenoxy) is 1. The van der Waals surface area contributed by atoms with Crippen LogP contribution in [0, 0.1) is 22.7 Å². The first-order chi connectivity index (χ1) is 10.3. The molecule has 0 radical (unpaired) electrons. The number of unbranched alkanes of at least 4 members (excludes halogenated alkanes) is 1. The molecule has 2 aliphatic carbocycles. The van der Waals surface area contributed by atoms with Gasteiger partial charge in [0.2, 0.25) is 0 Å². The van der Waals surface area contributed by atoms with Gasteiger partial charge >= 0.3 is 5.97 Å². The van der Waals surface area contributed by atoms with Gasteiger partial charge < -0.3 is 4.74 Å². The van der Waals surface area contributed by atoms with E-state index in [9.17, 15) is 9.59 Å². The maximum Gasteiger partial charge on any atom is 0.312 e. The van der Waals surface area contributed by atoms with Crippen molar-refractivity contribution in [3.63, 3.8) is 0 Å². The van der Waals surface area contributed by atoms with Gasteiger partial charge in [-0.3, -0.25) is 9.59 Å². The zero-order valence-electron chi connectivity index (χ0n) is 14.7. The zero-order chi connectivity index (χ0) is 16.5. The molecule has 0 aromatic carbocycles. The Morgan fingerprint density at radius 1 is 1.36 bits per heavy atom. The topological polar surface area (TPSA) is 43.4 Å². The van der Waals surface area contributed by atoms with Crippen molar-refractivity contribution in [3.05, 3.63) is 11.6 Å². The highest BCUT2D eigenvalue weighted by molar-refractivity contribution is 6.05. The minimum absolute atomic E-state index is 0.000115. The number of hydrogen-bond donors (Lipinski definition) is 0. The molecule has 2 saturated carbocycles. The molecule has 0 N–H and O–H groups in total. The maximum atomic E-state index is 12.9. The summed E-state index contributed by atoms with van der Waals surface area (Å²) in [6.45, 7) is 10.8. The summed E-state index contributed by atoms with van der Waals surface area (Å²) < 4.78 is 5.21. The summed E-state index contributed by atoms with van der Waals surface area (Å²) in [5, 5.41) is 0. The van der Waals surface area contributed by atoms with Crippen LogP contribution in [-0.4, -0.2) is 18.4 Å². The maximum absolute atomic E-state index is 12.9. The molecular weight excluding hydrogens is 276 g/mol. The van der Waals surface area contributed by atoms with E-state index in [2.05, 4.69) is 27.7 Å². The van der Waals surface area contributed by atoms with E-state index in [-0.39, 0.29) is 28.5 Å². The average Bonchev–Trinajstić information content (AvgIpc) is 2.77. The molecule has 2 rings (SSSR count). The monoisotopic (exact) mass is 306 g/mol. The van der Waals surface area contributed by atoms with Crippen molar-refractivity contribution < 1.29 is 14.3 Å². The van der Waals surface area contributed by atoms with Gasteiger partial charge in [-0.05, 0) is 43.1 Å². The molecule has 3 nitrogen and oxygen atoms in total. The molecule has 3 atom stereocenters. The van der Waals surface area contributed by atoms with Gasteiger partial charge in [-0.1, -0.05) is 46.6 Å². The lowest BCUT2D eigenvalue weighted by molar-refractivity contribution is -0.146. The van der Waals surface area contributed by atoms with Gasteiger partial charge in [0.05, 0.1) is 12.5 Å². The summed E-state index contributed by atoms with van der Waals surface area (Å²) in [6, 6.07) is 0. The van der Waals surface area contributed by atoms with E-state index in [0.717, 1.165) is 37.7 Å². The summed E-state index contributed by atoms with van der Waals surface area (Å²) in [5.41, 5.74) is 0.640. The van der Waals surface area contributed by atoms with Crippen molar-refractivity contribution >= 4 is 11.8 Å². The molecule has 2 aliphatic rings. The Kier molecular flexibility index (Phi) is 4.84. The first-order valence-corrected chi connectivity index (χ1v) is 8.72. The molecule has 22 heavy (non-hydrogen) atoms. The Labute approximate surface area is 134 Å². The van der Waals surface area contributed by atoms with Crippen LogP contribution in [0.2, 0.25) is 0 Å². The van der Waals surface area contributed by atoms with Crippen molar-refractivity contribution in [2.75, 3.05) is 6.61 Å². The number of carbonyl (C=O) groups excluding carboxylic acids is 2. The predicted octanol–water partition coefficient (Wildman–Crippen LogP) is 4.31. The normalized spacial score (nSPS) is 32.5. The van der Waals surface area contributed by atoms with E-state index in [1.807, 2.05) is 13.0 Å². The Morgan fingerprint density at radius 2 is 2.05 bits per heavy atom. The van der Waals surface area contributed by atoms with E-state index in [0.29, 0.717) is 12.5 Å². The third-order valence-corrected chi connectivity index (χ3v) is 6.20. The van der Waals surface area contributed by atoms with Crippen LogP contribution < -0.4 is 0 Å². The van der Waals surface area contributed by atoms with Gasteiger partial charge in [0.15, 0.2) is 5.78 Å². The van der Waals surface area contributed by atoms with Crippen LogP contribution in [0.1, 0.15) is 66.7 Å². The number of ketones is 1. The fraction of sp³-hybridized carbons (Fsp3) is 0.789.